The van der Waals surface area contributed by atoms with E-state index in [1.165, 1.54) is 18.2 Å². The van der Waals surface area contributed by atoms with E-state index in [9.17, 15) is 27.2 Å². The van der Waals surface area contributed by atoms with E-state index in [2.05, 4.69) is 26.6 Å². The zero-order valence-electron chi connectivity index (χ0n) is 17.6. The highest BCUT2D eigenvalue weighted by molar-refractivity contribution is 9.10. The predicted octanol–water partition coefficient (Wildman–Crippen LogP) is 7.02. The molecule has 1 aliphatic rings. The molecule has 2 amide bonds. The highest BCUT2D eigenvalue weighted by Gasteiger charge is 2.68. The molecule has 0 aromatic heterocycles. The van der Waals surface area contributed by atoms with Crippen LogP contribution in [0, 0.1) is 29.2 Å². The molecule has 1 fully saturated rings. The molecule has 4 N–H and O–H groups in total. The minimum Gasteiger partial charge on any atom is -0.394 e. The van der Waals surface area contributed by atoms with Gasteiger partial charge < -0.3 is 16.4 Å². The van der Waals surface area contributed by atoms with Gasteiger partial charge in [0.1, 0.15) is 27.5 Å². The van der Waals surface area contributed by atoms with Crippen molar-refractivity contribution in [3.8, 4) is 0 Å². The lowest BCUT2D eigenvalue weighted by Crippen LogP contribution is -2.18. The summed E-state index contributed by atoms with van der Waals surface area (Å²) in [6.45, 7) is 0. The zero-order valence-corrected chi connectivity index (χ0v) is 21.5. The molecule has 0 unspecified atom stereocenters. The van der Waals surface area contributed by atoms with E-state index in [0.717, 1.165) is 24.3 Å². The predicted molar refractivity (Wildman–Crippen MR) is 134 cm³/mol. The minimum absolute atomic E-state index is 0.0407. The molecule has 188 valence electrons. The summed E-state index contributed by atoms with van der Waals surface area (Å²) in [5.74, 6) is -7.50. The fourth-order valence-corrected chi connectivity index (χ4v) is 5.16. The van der Waals surface area contributed by atoms with Gasteiger partial charge in [0.2, 0.25) is 5.91 Å². The quantitative estimate of drug-likeness (QED) is 0.123. The number of benzene rings is 3. The van der Waals surface area contributed by atoms with Crippen molar-refractivity contribution in [2.24, 2.45) is 5.92 Å². The Morgan fingerprint density at radius 3 is 2.36 bits per heavy atom. The van der Waals surface area contributed by atoms with E-state index in [1.807, 2.05) is 0 Å². The number of nitrogens with one attached hydrogen (secondary N) is 2. The normalized spacial score (nSPS) is 18.0. The van der Waals surface area contributed by atoms with Crippen LogP contribution in [0.25, 0.3) is 0 Å². The molecule has 13 heteroatoms. The Labute approximate surface area is 225 Å². The molecular weight excluding hydrogens is 613 g/mol. The molecule has 0 bridgehead atoms. The highest BCUT2D eigenvalue weighted by Crippen LogP contribution is 2.65. The number of hydrogen-bond donors (Lipinski definition) is 3. The van der Waals surface area contributed by atoms with Crippen LogP contribution in [-0.4, -0.2) is 16.1 Å². The van der Waals surface area contributed by atoms with E-state index >= 15 is 0 Å². The Hall–Kier alpha value is -2.53. The molecule has 1 aliphatic carbocycles. The third-order valence-electron chi connectivity index (χ3n) is 5.55. The van der Waals surface area contributed by atoms with E-state index in [-0.39, 0.29) is 32.0 Å². The fourth-order valence-electron chi connectivity index (χ4n) is 3.69. The standard InChI is InChI=1S/C23H13BrCl3F4N3O2/c24-12-6-8(28)5-11(18(12)30)16-17(23(16,26)27)22(36)33-9-1-2-13(25)10(7-9)21(35)34-15-4-3-14(29)20(32)19(15)31/h1-7,16-17H,32H2,(H,33,36)(H,34,35)/t16-,17+/m0/s1. The number of carbonyl (C=O) groups excluding carboxylic acids is 2. The summed E-state index contributed by atoms with van der Waals surface area (Å²) in [5, 5.41) is 4.69. The Morgan fingerprint density at radius 2 is 1.67 bits per heavy atom. The summed E-state index contributed by atoms with van der Waals surface area (Å²) >= 11 is 21.4. The lowest BCUT2D eigenvalue weighted by molar-refractivity contribution is -0.117. The minimum atomic E-state index is -1.72. The summed E-state index contributed by atoms with van der Waals surface area (Å²) in [5.41, 5.74) is 3.89. The van der Waals surface area contributed by atoms with Gasteiger partial charge in [-0.15, -0.1) is 23.2 Å². The summed E-state index contributed by atoms with van der Waals surface area (Å²) in [4.78, 5) is 25.6. The molecule has 3 aromatic rings. The molecule has 0 radical (unpaired) electrons. The Kier molecular flexibility index (Phi) is 7.18. The van der Waals surface area contributed by atoms with Crippen LogP contribution in [0.15, 0.2) is 46.9 Å². The van der Waals surface area contributed by atoms with Crippen LogP contribution in [0.2, 0.25) is 5.02 Å². The smallest absolute Gasteiger partial charge is 0.257 e. The highest BCUT2D eigenvalue weighted by atomic mass is 79.9. The third kappa shape index (κ3) is 4.87. The van der Waals surface area contributed by atoms with Crippen LogP contribution in [0.5, 0.6) is 0 Å². The van der Waals surface area contributed by atoms with Gasteiger partial charge in [0.05, 0.1) is 26.7 Å². The van der Waals surface area contributed by atoms with Gasteiger partial charge in [-0.2, -0.15) is 0 Å². The van der Waals surface area contributed by atoms with Gasteiger partial charge in [-0.25, -0.2) is 17.6 Å². The Balaban J connectivity index is 1.54. The van der Waals surface area contributed by atoms with Crippen LogP contribution < -0.4 is 16.4 Å². The van der Waals surface area contributed by atoms with Crippen LogP contribution in [-0.2, 0) is 4.79 Å². The van der Waals surface area contributed by atoms with Gasteiger partial charge in [0.15, 0.2) is 5.82 Å². The maximum Gasteiger partial charge on any atom is 0.257 e. The number of alkyl halides is 2. The van der Waals surface area contributed by atoms with Gasteiger partial charge in [0.25, 0.3) is 5.91 Å². The van der Waals surface area contributed by atoms with E-state index in [0.29, 0.717) is 0 Å². The zero-order chi connectivity index (χ0) is 26.5. The van der Waals surface area contributed by atoms with Gasteiger partial charge in [-0.1, -0.05) is 11.6 Å². The number of anilines is 3. The lowest BCUT2D eigenvalue weighted by Gasteiger charge is -2.11. The molecule has 3 aromatic carbocycles. The number of hydrogen-bond acceptors (Lipinski definition) is 3. The van der Waals surface area contributed by atoms with Crippen LogP contribution in [0.4, 0.5) is 34.6 Å². The first-order valence-corrected chi connectivity index (χ1v) is 11.9. The number of nitrogens with two attached hydrogens (primary N) is 1. The molecule has 5 nitrogen and oxygen atoms in total. The second kappa shape index (κ2) is 9.74. The molecule has 2 atom stereocenters. The first kappa shape index (κ1) is 26.5. The van der Waals surface area contributed by atoms with Crippen molar-refractivity contribution in [2.45, 2.75) is 10.3 Å². The van der Waals surface area contributed by atoms with Gasteiger partial charge in [-0.3, -0.25) is 9.59 Å². The lowest BCUT2D eigenvalue weighted by atomic mass is 10.1. The summed E-state index contributed by atoms with van der Waals surface area (Å²) in [6.07, 6.45) is 0. The van der Waals surface area contributed by atoms with Gasteiger partial charge in [0, 0.05) is 11.6 Å². The second-order valence-corrected chi connectivity index (χ2v) is 10.6. The number of halogens is 8. The second-order valence-electron chi connectivity index (χ2n) is 7.88. The SMILES string of the molecule is Nc1c(F)ccc(NC(=O)c2cc(NC(=O)[C@H]3[C@H](c4cc(F)cc(Br)c4F)C3(Cl)Cl)ccc2Cl)c1F. The Bertz CT molecular complexity index is 1420. The molecule has 36 heavy (non-hydrogen) atoms. The third-order valence-corrected chi connectivity index (χ3v) is 7.39. The van der Waals surface area contributed by atoms with Crippen molar-refractivity contribution >= 4 is 79.6 Å². The van der Waals surface area contributed by atoms with Crippen molar-refractivity contribution in [3.63, 3.8) is 0 Å². The summed E-state index contributed by atoms with van der Waals surface area (Å²) < 4.78 is 54.0. The van der Waals surface area contributed by atoms with E-state index in [4.69, 9.17) is 40.5 Å². The van der Waals surface area contributed by atoms with Crippen molar-refractivity contribution in [1.29, 1.82) is 0 Å². The van der Waals surface area contributed by atoms with Crippen molar-refractivity contribution in [2.75, 3.05) is 16.4 Å². The first-order valence-electron chi connectivity index (χ1n) is 10.0. The monoisotopic (exact) mass is 623 g/mol. The van der Waals surface area contributed by atoms with Crippen LogP contribution in [0.3, 0.4) is 0 Å². The average Bonchev–Trinajstić information content (AvgIpc) is 3.39. The van der Waals surface area contributed by atoms with Crippen LogP contribution >= 0.6 is 50.7 Å². The van der Waals surface area contributed by atoms with E-state index in [1.54, 1.807) is 0 Å². The first-order chi connectivity index (χ1) is 16.8. The topological polar surface area (TPSA) is 84.2 Å². The number of carbonyl (C=O) groups is 2. The van der Waals surface area contributed by atoms with Crippen molar-refractivity contribution < 1.29 is 27.2 Å². The molecule has 0 spiro atoms. The number of amides is 2. The molecule has 0 heterocycles. The number of nitrogen functional groups attached to an aromatic ring is 1. The van der Waals surface area contributed by atoms with Crippen LogP contribution in [0.1, 0.15) is 21.8 Å². The maximum absolute atomic E-state index is 14.5. The van der Waals surface area contributed by atoms with Crippen molar-refractivity contribution in [3.05, 3.63) is 86.4 Å². The fraction of sp³-hybridized carbons (Fsp3) is 0.130. The number of rotatable bonds is 5. The van der Waals surface area contributed by atoms with Gasteiger partial charge in [-0.05, 0) is 64.0 Å². The summed E-state index contributed by atoms with van der Waals surface area (Å²) in [6, 6.07) is 7.55. The average molecular weight is 626 g/mol. The molecule has 4 rings (SSSR count). The molecule has 0 saturated heterocycles. The molecular formula is C23H13BrCl3F4N3O2. The van der Waals surface area contributed by atoms with Gasteiger partial charge >= 0.3 is 0 Å². The molecule has 0 aliphatic heterocycles. The maximum atomic E-state index is 14.5. The van der Waals surface area contributed by atoms with Crippen molar-refractivity contribution in [1.82, 2.24) is 0 Å². The summed E-state index contributed by atoms with van der Waals surface area (Å²) in [7, 11) is 0. The van der Waals surface area contributed by atoms with E-state index < -0.39 is 56.9 Å². The Morgan fingerprint density at radius 1 is 0.972 bits per heavy atom. The molecule has 1 saturated carbocycles. The largest absolute Gasteiger partial charge is 0.394 e.